The quantitative estimate of drug-likeness (QED) is 0.235. The fourth-order valence-electron chi connectivity index (χ4n) is 5.01. The maximum atomic E-state index is 13.4. The van der Waals surface area contributed by atoms with E-state index >= 15 is 0 Å². The van der Waals surface area contributed by atoms with Crippen molar-refractivity contribution in [1.29, 1.82) is 0 Å². The summed E-state index contributed by atoms with van der Waals surface area (Å²) in [5.74, 6) is 1.16. The van der Waals surface area contributed by atoms with E-state index in [0.717, 1.165) is 30.4 Å². The second kappa shape index (κ2) is 10.7. The van der Waals surface area contributed by atoms with E-state index < -0.39 is 5.97 Å². The number of furan rings is 2. The number of nitrogens with zero attached hydrogens (tertiary/aromatic N) is 1. The van der Waals surface area contributed by atoms with Crippen molar-refractivity contribution >= 4 is 34.4 Å². The van der Waals surface area contributed by atoms with Crippen LogP contribution in [-0.4, -0.2) is 23.2 Å². The average Bonchev–Trinajstić information content (AvgIpc) is 3.65. The van der Waals surface area contributed by atoms with Crippen LogP contribution in [0.3, 0.4) is 0 Å². The van der Waals surface area contributed by atoms with Crippen LogP contribution in [0, 0.1) is 18.3 Å². The molecule has 0 bridgehead atoms. The van der Waals surface area contributed by atoms with E-state index in [0.29, 0.717) is 45.9 Å². The minimum absolute atomic E-state index is 0.161. The van der Waals surface area contributed by atoms with Crippen molar-refractivity contribution in [3.63, 3.8) is 0 Å². The van der Waals surface area contributed by atoms with Crippen molar-refractivity contribution in [3.05, 3.63) is 87.4 Å². The Morgan fingerprint density at radius 2 is 2.03 bits per heavy atom. The van der Waals surface area contributed by atoms with E-state index in [1.54, 1.807) is 60.2 Å². The second-order valence-corrected chi connectivity index (χ2v) is 12.1. The van der Waals surface area contributed by atoms with Gasteiger partial charge in [0.25, 0.3) is 5.91 Å². The van der Waals surface area contributed by atoms with Crippen LogP contribution in [0.4, 0.5) is 5.00 Å². The number of fused-ring (bicyclic) bond motifs is 1. The summed E-state index contributed by atoms with van der Waals surface area (Å²) in [4.78, 5) is 30.8. The summed E-state index contributed by atoms with van der Waals surface area (Å²) in [6, 6.07) is 12.2. The molecule has 0 aliphatic heterocycles. The maximum Gasteiger partial charge on any atom is 0.335 e. The summed E-state index contributed by atoms with van der Waals surface area (Å²) in [5, 5.41) is 13.0. The SMILES string of the molecule is Cc1ccc(C(=O)O)cc1-c1ccc(C=Nc2sc3c(c2C(=O)NCc2ccco2)CC[C@H](C(C)(C)C)C3)o1. The molecule has 1 atom stereocenters. The predicted molar refractivity (Wildman–Crippen MR) is 152 cm³/mol. The number of carbonyl (C=O) groups is 2. The van der Waals surface area contributed by atoms with Crippen LogP contribution in [-0.2, 0) is 19.4 Å². The number of hydrogen-bond donors (Lipinski definition) is 2. The zero-order chi connectivity index (χ0) is 27.7. The number of rotatable bonds is 7. The number of aliphatic imine (C=N–C) groups is 1. The molecule has 1 aromatic carbocycles. The fourth-order valence-corrected chi connectivity index (χ4v) is 6.28. The van der Waals surface area contributed by atoms with Gasteiger partial charge in [-0.15, -0.1) is 11.3 Å². The third-order valence-corrected chi connectivity index (χ3v) is 8.55. The summed E-state index contributed by atoms with van der Waals surface area (Å²) < 4.78 is 11.4. The van der Waals surface area contributed by atoms with Crippen LogP contribution < -0.4 is 5.32 Å². The van der Waals surface area contributed by atoms with Gasteiger partial charge in [-0.25, -0.2) is 9.79 Å². The van der Waals surface area contributed by atoms with Gasteiger partial charge in [-0.2, -0.15) is 0 Å². The Hall–Kier alpha value is -3.91. The standard InChI is InChI=1S/C31H32N2O5S/c1-18-7-8-19(30(35)36)14-24(18)25-12-10-22(38-25)17-33-29-27(28(34)32-16-21-6-5-13-37-21)23-11-9-20(31(2,3)4)15-26(23)39-29/h5-8,10,12-14,17,20H,9,11,15-16H2,1-4H3,(H,32,34)(H,35,36)/t20-/m0/s1. The van der Waals surface area contributed by atoms with E-state index in [9.17, 15) is 14.7 Å². The monoisotopic (exact) mass is 544 g/mol. The summed E-state index contributed by atoms with van der Waals surface area (Å²) >= 11 is 1.57. The number of benzene rings is 1. The van der Waals surface area contributed by atoms with Crippen LogP contribution in [0.15, 0.2) is 62.6 Å². The molecule has 39 heavy (non-hydrogen) atoms. The molecular weight excluding hydrogens is 512 g/mol. The Morgan fingerprint density at radius 1 is 1.21 bits per heavy atom. The molecule has 8 heteroatoms. The molecule has 0 saturated heterocycles. The van der Waals surface area contributed by atoms with Crippen molar-refractivity contribution < 1.29 is 23.5 Å². The van der Waals surface area contributed by atoms with Gasteiger partial charge in [0.05, 0.1) is 30.1 Å². The third-order valence-electron chi connectivity index (χ3n) is 7.39. The highest BCUT2D eigenvalue weighted by atomic mass is 32.1. The van der Waals surface area contributed by atoms with Gasteiger partial charge < -0.3 is 19.3 Å². The van der Waals surface area contributed by atoms with Crippen molar-refractivity contribution in [3.8, 4) is 11.3 Å². The highest BCUT2D eigenvalue weighted by Gasteiger charge is 2.33. The van der Waals surface area contributed by atoms with Crippen LogP contribution in [0.25, 0.3) is 11.3 Å². The largest absolute Gasteiger partial charge is 0.478 e. The number of aromatic carboxylic acids is 1. The Kier molecular flexibility index (Phi) is 7.32. The molecule has 5 rings (SSSR count). The number of carboxylic acids is 1. The highest BCUT2D eigenvalue weighted by Crippen LogP contribution is 2.45. The summed E-state index contributed by atoms with van der Waals surface area (Å²) in [7, 11) is 0. The van der Waals surface area contributed by atoms with Gasteiger partial charge in [0.1, 0.15) is 22.3 Å². The van der Waals surface area contributed by atoms with Crippen molar-refractivity contribution in [2.75, 3.05) is 0 Å². The number of aryl methyl sites for hydroxylation is 1. The Balaban J connectivity index is 1.44. The fraction of sp³-hybridized carbons (Fsp3) is 0.323. The molecule has 3 heterocycles. The number of nitrogens with one attached hydrogen (secondary N) is 1. The topological polar surface area (TPSA) is 105 Å². The van der Waals surface area contributed by atoms with Crippen molar-refractivity contribution in [2.24, 2.45) is 16.3 Å². The first kappa shape index (κ1) is 26.7. The van der Waals surface area contributed by atoms with Gasteiger partial charge in [0.15, 0.2) is 0 Å². The summed E-state index contributed by atoms with van der Waals surface area (Å²) in [5.41, 5.74) is 3.73. The molecule has 0 spiro atoms. The van der Waals surface area contributed by atoms with Crippen molar-refractivity contribution in [2.45, 2.75) is 53.5 Å². The summed E-state index contributed by atoms with van der Waals surface area (Å²) in [6.45, 7) is 9.03. The first-order valence-corrected chi connectivity index (χ1v) is 13.8. The number of thiophene rings is 1. The lowest BCUT2D eigenvalue weighted by Gasteiger charge is -2.33. The van der Waals surface area contributed by atoms with Crippen LogP contribution in [0.2, 0.25) is 0 Å². The Labute approximate surface area is 231 Å². The van der Waals surface area contributed by atoms with E-state index in [1.807, 2.05) is 13.0 Å². The smallest absolute Gasteiger partial charge is 0.335 e. The average molecular weight is 545 g/mol. The third kappa shape index (κ3) is 5.76. The minimum atomic E-state index is -0.988. The zero-order valence-electron chi connectivity index (χ0n) is 22.5. The Morgan fingerprint density at radius 3 is 2.74 bits per heavy atom. The number of carboxylic acid groups (broad SMARTS) is 1. The highest BCUT2D eigenvalue weighted by molar-refractivity contribution is 7.16. The molecule has 1 aliphatic rings. The molecule has 1 amide bonds. The molecular formula is C31H32N2O5S. The van der Waals surface area contributed by atoms with Gasteiger partial charge in [0.2, 0.25) is 0 Å². The van der Waals surface area contributed by atoms with E-state index in [1.165, 1.54) is 4.88 Å². The van der Waals surface area contributed by atoms with E-state index in [-0.39, 0.29) is 16.9 Å². The molecule has 1 aliphatic carbocycles. The van der Waals surface area contributed by atoms with Gasteiger partial charge in [-0.3, -0.25) is 4.79 Å². The zero-order valence-corrected chi connectivity index (χ0v) is 23.4. The molecule has 2 N–H and O–H groups in total. The molecule has 0 radical (unpaired) electrons. The number of hydrogen-bond acceptors (Lipinski definition) is 6. The van der Waals surface area contributed by atoms with Gasteiger partial charge in [-0.1, -0.05) is 26.8 Å². The molecule has 7 nitrogen and oxygen atoms in total. The number of carbonyl (C=O) groups excluding carboxylic acids is 1. The molecule has 4 aromatic rings. The lowest BCUT2D eigenvalue weighted by Crippen LogP contribution is -2.28. The second-order valence-electron chi connectivity index (χ2n) is 11.0. The molecule has 202 valence electrons. The maximum absolute atomic E-state index is 13.4. The predicted octanol–water partition coefficient (Wildman–Crippen LogP) is 7.44. The van der Waals surface area contributed by atoms with Gasteiger partial charge >= 0.3 is 5.97 Å². The lowest BCUT2D eigenvalue weighted by molar-refractivity contribution is 0.0696. The molecule has 0 unspecified atom stereocenters. The normalized spacial score (nSPS) is 15.4. The van der Waals surface area contributed by atoms with E-state index in [4.69, 9.17) is 13.8 Å². The molecule has 0 saturated carbocycles. The van der Waals surface area contributed by atoms with Gasteiger partial charge in [-0.05, 0) is 85.0 Å². The lowest BCUT2D eigenvalue weighted by atomic mass is 9.72. The Bertz CT molecular complexity index is 1540. The van der Waals surface area contributed by atoms with E-state index in [2.05, 4.69) is 26.1 Å². The number of amides is 1. The van der Waals surface area contributed by atoms with Crippen LogP contribution >= 0.6 is 11.3 Å². The minimum Gasteiger partial charge on any atom is -0.478 e. The van der Waals surface area contributed by atoms with Crippen LogP contribution in [0.5, 0.6) is 0 Å². The van der Waals surface area contributed by atoms with Gasteiger partial charge in [0, 0.05) is 10.4 Å². The first-order valence-electron chi connectivity index (χ1n) is 13.0. The van der Waals surface area contributed by atoms with Crippen molar-refractivity contribution in [1.82, 2.24) is 5.32 Å². The van der Waals surface area contributed by atoms with Crippen LogP contribution in [0.1, 0.15) is 75.4 Å². The first-order chi connectivity index (χ1) is 18.6. The summed E-state index contributed by atoms with van der Waals surface area (Å²) in [6.07, 6.45) is 6.03. The molecule has 0 fully saturated rings. The molecule has 3 aromatic heterocycles.